The van der Waals surface area contributed by atoms with Crippen molar-refractivity contribution in [2.24, 2.45) is 0 Å². The van der Waals surface area contributed by atoms with Crippen molar-refractivity contribution in [2.45, 2.75) is 13.5 Å². The van der Waals surface area contributed by atoms with E-state index in [1.165, 1.54) is 4.90 Å². The third-order valence-electron chi connectivity index (χ3n) is 5.27. The molecule has 1 aromatic carbocycles. The molecule has 29 heavy (non-hydrogen) atoms. The van der Waals surface area contributed by atoms with Crippen LogP contribution >= 0.6 is 0 Å². The topological polar surface area (TPSA) is 78.9 Å². The first kappa shape index (κ1) is 18.9. The van der Waals surface area contributed by atoms with Crippen molar-refractivity contribution in [1.29, 1.82) is 0 Å². The smallest absolute Gasteiger partial charge is 0.407 e. The normalized spacial score (nSPS) is 14.2. The SMILES string of the molecule is Cc1cn(Cc2ccccc2)c(C(=O)N2CCN(C(=O)O)CC2)c1-c1ccco1. The fraction of sp³-hybridized carbons (Fsp3) is 0.273. The van der Waals surface area contributed by atoms with Crippen LogP contribution in [0.4, 0.5) is 4.79 Å². The third kappa shape index (κ3) is 3.76. The predicted octanol–water partition coefficient (Wildman–Crippen LogP) is 3.54. The molecule has 7 heteroatoms. The van der Waals surface area contributed by atoms with Crippen LogP contribution in [-0.2, 0) is 6.54 Å². The molecule has 1 fully saturated rings. The van der Waals surface area contributed by atoms with Crippen LogP contribution < -0.4 is 0 Å². The molecule has 0 radical (unpaired) electrons. The highest BCUT2D eigenvalue weighted by Crippen LogP contribution is 2.31. The van der Waals surface area contributed by atoms with Gasteiger partial charge in [0.2, 0.25) is 0 Å². The van der Waals surface area contributed by atoms with Gasteiger partial charge in [-0.2, -0.15) is 0 Å². The Balaban J connectivity index is 1.70. The summed E-state index contributed by atoms with van der Waals surface area (Å²) in [5.74, 6) is 0.548. The van der Waals surface area contributed by atoms with Crippen LogP contribution in [0.3, 0.4) is 0 Å². The van der Waals surface area contributed by atoms with Crippen molar-refractivity contribution in [3.8, 4) is 11.3 Å². The molecule has 1 N–H and O–H groups in total. The first-order valence-electron chi connectivity index (χ1n) is 9.59. The van der Waals surface area contributed by atoms with Crippen molar-refractivity contribution < 1.29 is 19.1 Å². The van der Waals surface area contributed by atoms with Crippen molar-refractivity contribution >= 4 is 12.0 Å². The summed E-state index contributed by atoms with van der Waals surface area (Å²) in [5, 5.41) is 9.17. The van der Waals surface area contributed by atoms with Crippen LogP contribution in [-0.4, -0.2) is 57.7 Å². The van der Waals surface area contributed by atoms with Gasteiger partial charge in [-0.25, -0.2) is 4.79 Å². The predicted molar refractivity (Wildman–Crippen MR) is 108 cm³/mol. The largest absolute Gasteiger partial charge is 0.465 e. The Morgan fingerprint density at radius 3 is 2.31 bits per heavy atom. The van der Waals surface area contributed by atoms with Gasteiger partial charge < -0.3 is 23.9 Å². The minimum Gasteiger partial charge on any atom is -0.465 e. The lowest BCUT2D eigenvalue weighted by Gasteiger charge is -2.33. The van der Waals surface area contributed by atoms with E-state index in [0.717, 1.165) is 16.7 Å². The maximum Gasteiger partial charge on any atom is 0.407 e. The Morgan fingerprint density at radius 2 is 1.69 bits per heavy atom. The van der Waals surface area contributed by atoms with Crippen molar-refractivity contribution in [3.63, 3.8) is 0 Å². The molecule has 0 atom stereocenters. The van der Waals surface area contributed by atoms with Gasteiger partial charge in [0.1, 0.15) is 11.5 Å². The molecule has 3 aromatic rings. The van der Waals surface area contributed by atoms with Crippen LogP contribution in [0, 0.1) is 6.92 Å². The van der Waals surface area contributed by atoms with Crippen molar-refractivity contribution in [1.82, 2.24) is 14.4 Å². The molecule has 1 aliphatic heterocycles. The number of nitrogens with zero attached hydrogens (tertiary/aromatic N) is 3. The number of amides is 2. The number of furan rings is 1. The van der Waals surface area contributed by atoms with Gasteiger partial charge in [0.25, 0.3) is 5.91 Å². The molecule has 0 bridgehead atoms. The molecule has 0 spiro atoms. The average molecular weight is 393 g/mol. The van der Waals surface area contributed by atoms with Gasteiger partial charge in [-0.1, -0.05) is 30.3 Å². The summed E-state index contributed by atoms with van der Waals surface area (Å²) in [6, 6.07) is 13.6. The molecule has 1 aliphatic rings. The number of carbonyl (C=O) groups is 2. The van der Waals surface area contributed by atoms with Crippen molar-refractivity contribution in [2.75, 3.05) is 26.2 Å². The van der Waals surface area contributed by atoms with Gasteiger partial charge in [-0.3, -0.25) is 4.79 Å². The summed E-state index contributed by atoms with van der Waals surface area (Å²) in [6.45, 7) is 3.92. The lowest BCUT2D eigenvalue weighted by atomic mass is 10.1. The van der Waals surface area contributed by atoms with E-state index in [1.54, 1.807) is 11.2 Å². The number of rotatable bonds is 4. The van der Waals surface area contributed by atoms with Crippen LogP contribution in [0.2, 0.25) is 0 Å². The highest BCUT2D eigenvalue weighted by molar-refractivity contribution is 6.00. The minimum atomic E-state index is -0.948. The number of carboxylic acid groups (broad SMARTS) is 1. The van der Waals surface area contributed by atoms with Gasteiger partial charge in [-0.15, -0.1) is 0 Å². The fourth-order valence-corrected chi connectivity index (χ4v) is 3.81. The second kappa shape index (κ2) is 7.87. The van der Waals surface area contributed by atoms with Gasteiger partial charge in [0.15, 0.2) is 0 Å². The Morgan fingerprint density at radius 1 is 1.00 bits per heavy atom. The van der Waals surface area contributed by atoms with E-state index in [-0.39, 0.29) is 5.91 Å². The van der Waals surface area contributed by atoms with Gasteiger partial charge in [0.05, 0.1) is 11.8 Å². The number of hydrogen-bond acceptors (Lipinski definition) is 3. The first-order valence-corrected chi connectivity index (χ1v) is 9.59. The molecule has 0 unspecified atom stereocenters. The summed E-state index contributed by atoms with van der Waals surface area (Å²) in [6.07, 6.45) is 2.63. The molecule has 3 heterocycles. The molecule has 7 nitrogen and oxygen atoms in total. The number of aryl methyl sites for hydroxylation is 1. The van der Waals surface area contributed by atoms with Crippen LogP contribution in [0.15, 0.2) is 59.3 Å². The van der Waals surface area contributed by atoms with Crippen LogP contribution in [0.1, 0.15) is 21.6 Å². The lowest BCUT2D eigenvalue weighted by Crippen LogP contribution is -2.50. The number of hydrogen-bond donors (Lipinski definition) is 1. The van der Waals surface area contributed by atoms with Gasteiger partial charge in [-0.05, 0) is 30.2 Å². The second-order valence-electron chi connectivity index (χ2n) is 7.19. The van der Waals surface area contributed by atoms with E-state index in [0.29, 0.717) is 44.2 Å². The van der Waals surface area contributed by atoms with E-state index < -0.39 is 6.09 Å². The van der Waals surface area contributed by atoms with Gasteiger partial charge in [0, 0.05) is 38.9 Å². The molecule has 4 rings (SSSR count). The monoisotopic (exact) mass is 393 g/mol. The highest BCUT2D eigenvalue weighted by atomic mass is 16.4. The Kier molecular flexibility index (Phi) is 5.12. The quantitative estimate of drug-likeness (QED) is 0.735. The van der Waals surface area contributed by atoms with E-state index in [2.05, 4.69) is 0 Å². The maximum absolute atomic E-state index is 13.5. The summed E-state index contributed by atoms with van der Waals surface area (Å²) in [7, 11) is 0. The van der Waals surface area contributed by atoms with E-state index in [9.17, 15) is 9.59 Å². The summed E-state index contributed by atoms with van der Waals surface area (Å²) in [5.41, 5.74) is 3.42. The molecule has 1 saturated heterocycles. The molecule has 2 aromatic heterocycles. The number of carbonyl (C=O) groups excluding carboxylic acids is 1. The molecule has 0 aliphatic carbocycles. The highest BCUT2D eigenvalue weighted by Gasteiger charge is 2.30. The van der Waals surface area contributed by atoms with E-state index in [1.807, 2.05) is 60.2 Å². The number of benzene rings is 1. The molecular formula is C22H23N3O4. The Labute approximate surface area is 168 Å². The fourth-order valence-electron chi connectivity index (χ4n) is 3.81. The molecule has 0 saturated carbocycles. The summed E-state index contributed by atoms with van der Waals surface area (Å²) < 4.78 is 7.59. The lowest BCUT2D eigenvalue weighted by molar-refractivity contribution is 0.0616. The zero-order chi connectivity index (χ0) is 20.4. The van der Waals surface area contributed by atoms with E-state index in [4.69, 9.17) is 9.52 Å². The minimum absolute atomic E-state index is 0.106. The average Bonchev–Trinajstić information content (AvgIpc) is 3.36. The molecule has 150 valence electrons. The summed E-state index contributed by atoms with van der Waals surface area (Å²) in [4.78, 5) is 27.8. The zero-order valence-corrected chi connectivity index (χ0v) is 16.2. The number of piperazine rings is 1. The Hall–Kier alpha value is -3.48. The molecular weight excluding hydrogens is 370 g/mol. The summed E-state index contributed by atoms with van der Waals surface area (Å²) >= 11 is 0. The van der Waals surface area contributed by atoms with Crippen LogP contribution in [0.5, 0.6) is 0 Å². The van der Waals surface area contributed by atoms with Gasteiger partial charge >= 0.3 is 6.09 Å². The maximum atomic E-state index is 13.5. The third-order valence-corrected chi connectivity index (χ3v) is 5.27. The standard InChI is InChI=1S/C22H23N3O4/c1-16-14-25(15-17-6-3-2-4-7-17)20(19(16)18-8-5-13-29-18)21(26)23-9-11-24(12-10-23)22(27)28/h2-8,13-14H,9-12,15H2,1H3,(H,27,28). The first-order chi connectivity index (χ1) is 14.0. The second-order valence-corrected chi connectivity index (χ2v) is 7.19. The zero-order valence-electron chi connectivity index (χ0n) is 16.2. The van der Waals surface area contributed by atoms with Crippen LogP contribution in [0.25, 0.3) is 11.3 Å². The van der Waals surface area contributed by atoms with E-state index >= 15 is 0 Å². The van der Waals surface area contributed by atoms with Crippen molar-refractivity contribution in [3.05, 3.63) is 71.7 Å². The Bertz CT molecular complexity index is 1000. The number of aromatic nitrogens is 1. The molecule has 2 amide bonds.